The fourth-order valence-electron chi connectivity index (χ4n) is 1.27. The molecule has 7 heteroatoms. The van der Waals surface area contributed by atoms with E-state index in [-0.39, 0.29) is 16.3 Å². The van der Waals surface area contributed by atoms with Crippen molar-refractivity contribution >= 4 is 39.8 Å². The number of thiophene rings is 1. The minimum atomic E-state index is -1.09. The van der Waals surface area contributed by atoms with E-state index in [1.807, 2.05) is 0 Å². The Morgan fingerprint density at radius 2 is 2.17 bits per heavy atom. The molecule has 0 aliphatic rings. The molecule has 2 aromatic heterocycles. The first-order chi connectivity index (χ1) is 8.58. The Balaban J connectivity index is 2.21. The lowest BCUT2D eigenvalue weighted by Crippen LogP contribution is -2.14. The Labute approximate surface area is 111 Å². The molecule has 0 saturated carbocycles. The molecule has 0 aliphatic carbocycles. The molecule has 0 spiro atoms. The van der Waals surface area contributed by atoms with Crippen molar-refractivity contribution in [3.63, 3.8) is 0 Å². The molecule has 0 fully saturated rings. The van der Waals surface area contributed by atoms with E-state index >= 15 is 0 Å². The normalized spacial score (nSPS) is 10.1. The summed E-state index contributed by atoms with van der Waals surface area (Å²) in [5.74, 6) is -1.59. The molecule has 2 N–H and O–H groups in total. The van der Waals surface area contributed by atoms with Gasteiger partial charge in [-0.1, -0.05) is 11.6 Å². The van der Waals surface area contributed by atoms with Crippen molar-refractivity contribution in [1.29, 1.82) is 0 Å². The highest BCUT2D eigenvalue weighted by atomic mass is 35.5. The zero-order chi connectivity index (χ0) is 13.1. The molecule has 5 nitrogen and oxygen atoms in total. The number of aromatic carboxylic acids is 1. The lowest BCUT2D eigenvalue weighted by Gasteiger charge is -2.03. The van der Waals surface area contributed by atoms with E-state index in [9.17, 15) is 9.59 Å². The third-order valence-corrected chi connectivity index (χ3v) is 3.14. The quantitative estimate of drug-likeness (QED) is 0.907. The van der Waals surface area contributed by atoms with E-state index in [0.717, 1.165) is 11.3 Å². The molecular formula is C11H7ClN2O3S. The number of hydrogen-bond donors (Lipinski definition) is 2. The highest BCUT2D eigenvalue weighted by Crippen LogP contribution is 2.23. The Morgan fingerprint density at radius 1 is 1.39 bits per heavy atom. The predicted octanol–water partition coefficient (Wildman–Crippen LogP) is 2.75. The molecular weight excluding hydrogens is 276 g/mol. The summed E-state index contributed by atoms with van der Waals surface area (Å²) in [6.45, 7) is 0. The second-order valence-electron chi connectivity index (χ2n) is 3.28. The van der Waals surface area contributed by atoms with Gasteiger partial charge in [0.15, 0.2) is 0 Å². The fraction of sp³-hybridized carbons (Fsp3) is 0. The molecule has 0 radical (unpaired) electrons. The third-order valence-electron chi connectivity index (χ3n) is 2.08. The molecule has 0 aliphatic heterocycles. The van der Waals surface area contributed by atoms with Gasteiger partial charge in [-0.25, -0.2) is 4.79 Å². The fourth-order valence-corrected chi connectivity index (χ4v) is 2.20. The molecule has 2 aromatic rings. The zero-order valence-corrected chi connectivity index (χ0v) is 10.5. The summed E-state index contributed by atoms with van der Waals surface area (Å²) >= 11 is 6.87. The van der Waals surface area contributed by atoms with Crippen LogP contribution in [0.3, 0.4) is 0 Å². The number of anilines is 1. The van der Waals surface area contributed by atoms with Crippen LogP contribution in [-0.2, 0) is 0 Å². The van der Waals surface area contributed by atoms with Crippen LogP contribution < -0.4 is 5.32 Å². The maximum absolute atomic E-state index is 11.8. The van der Waals surface area contributed by atoms with Gasteiger partial charge in [-0.2, -0.15) is 0 Å². The second-order valence-corrected chi connectivity index (χ2v) is 4.63. The van der Waals surface area contributed by atoms with Crippen molar-refractivity contribution in [2.75, 3.05) is 5.32 Å². The average molecular weight is 283 g/mol. The van der Waals surface area contributed by atoms with Gasteiger partial charge in [0.05, 0.1) is 5.56 Å². The summed E-state index contributed by atoms with van der Waals surface area (Å²) in [4.78, 5) is 26.5. The smallest absolute Gasteiger partial charge is 0.338 e. The van der Waals surface area contributed by atoms with Gasteiger partial charge in [-0.3, -0.25) is 9.78 Å². The second kappa shape index (κ2) is 5.16. The van der Waals surface area contributed by atoms with Gasteiger partial charge in [0.25, 0.3) is 5.91 Å². The van der Waals surface area contributed by atoms with Crippen LogP contribution in [0.4, 0.5) is 5.00 Å². The summed E-state index contributed by atoms with van der Waals surface area (Å²) in [6.07, 6.45) is 1.41. The van der Waals surface area contributed by atoms with Crippen LogP contribution in [0.1, 0.15) is 20.8 Å². The number of nitrogens with one attached hydrogen (secondary N) is 1. The van der Waals surface area contributed by atoms with Crippen LogP contribution in [0.25, 0.3) is 0 Å². The lowest BCUT2D eigenvalue weighted by atomic mass is 10.3. The molecule has 0 unspecified atom stereocenters. The van der Waals surface area contributed by atoms with Crippen molar-refractivity contribution in [3.8, 4) is 0 Å². The number of aromatic nitrogens is 1. The molecule has 2 heterocycles. The molecule has 0 atom stereocenters. The number of nitrogens with zero attached hydrogens (tertiary/aromatic N) is 1. The number of rotatable bonds is 3. The minimum absolute atomic E-state index is 0.0513. The molecule has 2 rings (SSSR count). The van der Waals surface area contributed by atoms with Crippen LogP contribution in [0, 0.1) is 0 Å². The van der Waals surface area contributed by atoms with Gasteiger partial charge >= 0.3 is 5.97 Å². The first-order valence-electron chi connectivity index (χ1n) is 4.81. The highest BCUT2D eigenvalue weighted by Gasteiger charge is 2.15. The van der Waals surface area contributed by atoms with Gasteiger partial charge in [0.2, 0.25) is 0 Å². The molecule has 92 valence electrons. The number of carbonyl (C=O) groups excluding carboxylic acids is 1. The van der Waals surface area contributed by atoms with Gasteiger partial charge in [0.1, 0.15) is 10.7 Å². The summed E-state index contributed by atoms with van der Waals surface area (Å²) in [5, 5.41) is 13.6. The van der Waals surface area contributed by atoms with Crippen LogP contribution in [-0.4, -0.2) is 22.0 Å². The van der Waals surface area contributed by atoms with E-state index in [2.05, 4.69) is 10.3 Å². The largest absolute Gasteiger partial charge is 0.478 e. The first kappa shape index (κ1) is 12.5. The van der Waals surface area contributed by atoms with Gasteiger partial charge in [-0.15, -0.1) is 11.3 Å². The topological polar surface area (TPSA) is 79.3 Å². The molecule has 0 bridgehead atoms. The number of hydrogen-bond acceptors (Lipinski definition) is 4. The Bertz CT molecular complexity index is 612. The highest BCUT2D eigenvalue weighted by molar-refractivity contribution is 7.14. The summed E-state index contributed by atoms with van der Waals surface area (Å²) in [6, 6.07) is 4.38. The van der Waals surface area contributed by atoms with Crippen LogP contribution >= 0.6 is 22.9 Å². The number of carbonyl (C=O) groups is 2. The number of carboxylic acid groups (broad SMARTS) is 1. The first-order valence-corrected chi connectivity index (χ1v) is 6.07. The zero-order valence-electron chi connectivity index (χ0n) is 8.88. The van der Waals surface area contributed by atoms with E-state index in [1.54, 1.807) is 11.4 Å². The van der Waals surface area contributed by atoms with Crippen molar-refractivity contribution in [3.05, 3.63) is 46.1 Å². The summed E-state index contributed by atoms with van der Waals surface area (Å²) in [5.41, 5.74) is 0.183. The Hall–Kier alpha value is -1.92. The molecule has 1 amide bonds. The van der Waals surface area contributed by atoms with Crippen LogP contribution in [0.15, 0.2) is 29.8 Å². The number of carboxylic acids is 1. The molecule has 18 heavy (non-hydrogen) atoms. The van der Waals surface area contributed by atoms with Crippen molar-refractivity contribution in [1.82, 2.24) is 4.98 Å². The van der Waals surface area contributed by atoms with E-state index in [4.69, 9.17) is 16.7 Å². The SMILES string of the molecule is O=C(Nc1sccc1C(=O)O)c1cc(Cl)ccn1. The number of pyridine rings is 1. The Morgan fingerprint density at radius 3 is 2.83 bits per heavy atom. The summed E-state index contributed by atoms with van der Waals surface area (Å²) < 4.78 is 0. The van der Waals surface area contributed by atoms with Crippen molar-refractivity contribution in [2.45, 2.75) is 0 Å². The molecule has 0 saturated heterocycles. The van der Waals surface area contributed by atoms with Crippen molar-refractivity contribution in [2.24, 2.45) is 0 Å². The third kappa shape index (κ3) is 2.66. The van der Waals surface area contributed by atoms with E-state index in [0.29, 0.717) is 5.02 Å². The lowest BCUT2D eigenvalue weighted by molar-refractivity contribution is 0.0698. The standard InChI is InChI=1S/C11H7ClN2O3S/c12-6-1-3-13-8(5-6)9(15)14-10-7(11(16)17)2-4-18-10/h1-5H,(H,14,15)(H,16,17). The van der Waals surface area contributed by atoms with Gasteiger partial charge in [0, 0.05) is 11.2 Å². The monoisotopic (exact) mass is 282 g/mol. The van der Waals surface area contributed by atoms with Crippen LogP contribution in [0.2, 0.25) is 5.02 Å². The van der Waals surface area contributed by atoms with Crippen molar-refractivity contribution < 1.29 is 14.7 Å². The van der Waals surface area contributed by atoms with E-state index in [1.165, 1.54) is 18.3 Å². The maximum atomic E-state index is 11.8. The van der Waals surface area contributed by atoms with Gasteiger partial charge < -0.3 is 10.4 Å². The maximum Gasteiger partial charge on any atom is 0.338 e. The van der Waals surface area contributed by atoms with Crippen LogP contribution in [0.5, 0.6) is 0 Å². The average Bonchev–Trinajstić information content (AvgIpc) is 2.77. The number of amides is 1. The van der Waals surface area contributed by atoms with E-state index < -0.39 is 11.9 Å². The number of halogens is 1. The molecule has 0 aromatic carbocycles. The predicted molar refractivity (Wildman–Crippen MR) is 68.5 cm³/mol. The van der Waals surface area contributed by atoms with Gasteiger partial charge in [-0.05, 0) is 23.6 Å². The summed E-state index contributed by atoms with van der Waals surface area (Å²) in [7, 11) is 0. The Kier molecular flexibility index (Phi) is 3.59. The minimum Gasteiger partial charge on any atom is -0.478 e.